The number of carboxylic acids is 1. The molecule has 1 heterocycles. The molecule has 2 aromatic carbocycles. The van der Waals surface area contributed by atoms with Gasteiger partial charge in [-0.3, -0.25) is 9.59 Å². The van der Waals surface area contributed by atoms with Gasteiger partial charge in [0.2, 0.25) is 5.91 Å². The summed E-state index contributed by atoms with van der Waals surface area (Å²) in [6.45, 7) is 2.81. The second kappa shape index (κ2) is 10.1. The lowest BCUT2D eigenvalue weighted by atomic mass is 9.97. The van der Waals surface area contributed by atoms with Gasteiger partial charge in [0.05, 0.1) is 5.92 Å². The third-order valence-corrected chi connectivity index (χ3v) is 6.59. The van der Waals surface area contributed by atoms with Gasteiger partial charge in [-0.05, 0) is 41.5 Å². The van der Waals surface area contributed by atoms with Gasteiger partial charge in [0, 0.05) is 19.0 Å². The van der Waals surface area contributed by atoms with E-state index in [2.05, 4.69) is 29.6 Å². The monoisotopic (exact) mass is 450 g/mol. The van der Waals surface area contributed by atoms with E-state index in [0.717, 1.165) is 22.3 Å². The molecule has 1 aliphatic carbocycles. The fraction of sp³-hybridized carbons (Fsp3) is 0.423. The first-order valence-corrected chi connectivity index (χ1v) is 11.6. The highest BCUT2D eigenvalue weighted by Gasteiger charge is 2.33. The van der Waals surface area contributed by atoms with Crippen molar-refractivity contribution < 1.29 is 24.2 Å². The zero-order valence-electron chi connectivity index (χ0n) is 18.8. The van der Waals surface area contributed by atoms with Gasteiger partial charge in [0.25, 0.3) is 0 Å². The van der Waals surface area contributed by atoms with Crippen molar-refractivity contribution in [2.75, 3.05) is 19.7 Å². The van der Waals surface area contributed by atoms with E-state index >= 15 is 0 Å². The fourth-order valence-electron chi connectivity index (χ4n) is 4.93. The Kier molecular flexibility index (Phi) is 6.96. The number of carbonyl (C=O) groups is 3. The van der Waals surface area contributed by atoms with Gasteiger partial charge in [-0.25, -0.2) is 4.79 Å². The Morgan fingerprint density at radius 3 is 2.33 bits per heavy atom. The maximum Gasteiger partial charge on any atom is 0.407 e. The Morgan fingerprint density at radius 2 is 1.73 bits per heavy atom. The van der Waals surface area contributed by atoms with Crippen molar-refractivity contribution in [1.29, 1.82) is 0 Å². The van der Waals surface area contributed by atoms with Gasteiger partial charge in [0.15, 0.2) is 0 Å². The van der Waals surface area contributed by atoms with Crippen molar-refractivity contribution in [3.05, 3.63) is 59.7 Å². The van der Waals surface area contributed by atoms with E-state index in [-0.39, 0.29) is 25.0 Å². The second-order valence-corrected chi connectivity index (χ2v) is 8.77. The molecule has 4 rings (SSSR count). The van der Waals surface area contributed by atoms with Crippen LogP contribution < -0.4 is 5.32 Å². The number of rotatable bonds is 7. The van der Waals surface area contributed by atoms with E-state index < -0.39 is 24.0 Å². The second-order valence-electron chi connectivity index (χ2n) is 8.77. The summed E-state index contributed by atoms with van der Waals surface area (Å²) in [6.07, 6.45) is 1.76. The van der Waals surface area contributed by atoms with Crippen LogP contribution in [0.5, 0.6) is 0 Å². The highest BCUT2D eigenvalue weighted by molar-refractivity contribution is 5.86. The normalized spacial score (nSPS) is 18.2. The zero-order valence-corrected chi connectivity index (χ0v) is 18.8. The third-order valence-electron chi connectivity index (χ3n) is 6.59. The van der Waals surface area contributed by atoms with Crippen molar-refractivity contribution in [2.45, 2.75) is 44.6 Å². The van der Waals surface area contributed by atoms with E-state index in [1.807, 2.05) is 31.2 Å². The van der Waals surface area contributed by atoms with E-state index in [0.29, 0.717) is 32.2 Å². The number of carboxylic acid groups (broad SMARTS) is 1. The highest BCUT2D eigenvalue weighted by atomic mass is 16.5. The van der Waals surface area contributed by atoms with E-state index in [9.17, 15) is 19.5 Å². The number of nitrogens with one attached hydrogen (secondary N) is 1. The first kappa shape index (κ1) is 22.8. The predicted molar refractivity (Wildman–Crippen MR) is 124 cm³/mol. The van der Waals surface area contributed by atoms with Crippen molar-refractivity contribution >= 4 is 18.0 Å². The standard InChI is InChI=1S/C26H30N2O5/c1-2-8-23(24(29)28-14-7-9-17(15-28)25(30)31)27-26(32)33-16-22-20-12-5-3-10-18(20)19-11-4-6-13-21(19)22/h3-6,10-13,17,22-23H,2,7-9,14-16H2,1H3,(H,27,32)(H,30,31). The molecule has 1 aliphatic heterocycles. The summed E-state index contributed by atoms with van der Waals surface area (Å²) in [7, 11) is 0. The minimum Gasteiger partial charge on any atom is -0.481 e. The average molecular weight is 451 g/mol. The molecule has 7 heteroatoms. The number of hydrogen-bond donors (Lipinski definition) is 2. The smallest absolute Gasteiger partial charge is 0.407 e. The molecule has 7 nitrogen and oxygen atoms in total. The molecule has 2 amide bonds. The van der Waals surface area contributed by atoms with Crippen LogP contribution in [0.15, 0.2) is 48.5 Å². The molecule has 0 bridgehead atoms. The summed E-state index contributed by atoms with van der Waals surface area (Å²) in [5.74, 6) is -1.73. The molecular formula is C26H30N2O5. The van der Waals surface area contributed by atoms with Gasteiger partial charge in [-0.15, -0.1) is 0 Å². The molecule has 0 aromatic heterocycles. The number of aliphatic carboxylic acids is 1. The van der Waals surface area contributed by atoms with E-state index in [4.69, 9.17) is 4.74 Å². The molecule has 0 spiro atoms. The quantitative estimate of drug-likeness (QED) is 0.664. The molecule has 33 heavy (non-hydrogen) atoms. The van der Waals surface area contributed by atoms with Crippen molar-refractivity contribution in [1.82, 2.24) is 10.2 Å². The van der Waals surface area contributed by atoms with Gasteiger partial charge in [0.1, 0.15) is 12.6 Å². The molecule has 2 atom stereocenters. The first-order chi connectivity index (χ1) is 16.0. The van der Waals surface area contributed by atoms with Crippen LogP contribution in [-0.4, -0.2) is 53.7 Å². The number of benzene rings is 2. The average Bonchev–Trinajstić information content (AvgIpc) is 3.16. The maximum absolute atomic E-state index is 13.0. The van der Waals surface area contributed by atoms with E-state index in [1.54, 1.807) is 4.90 Å². The van der Waals surface area contributed by atoms with Crippen LogP contribution in [0.4, 0.5) is 4.79 Å². The lowest BCUT2D eigenvalue weighted by Crippen LogP contribution is -2.52. The number of hydrogen-bond acceptors (Lipinski definition) is 4. The van der Waals surface area contributed by atoms with Crippen LogP contribution in [0.2, 0.25) is 0 Å². The minimum absolute atomic E-state index is 0.0538. The van der Waals surface area contributed by atoms with Crippen molar-refractivity contribution in [2.24, 2.45) is 5.92 Å². The SMILES string of the molecule is CCCC(NC(=O)OCC1c2ccccc2-c2ccccc21)C(=O)N1CCCC(C(=O)O)C1. The van der Waals surface area contributed by atoms with Crippen LogP contribution in [0, 0.1) is 5.92 Å². The molecule has 0 radical (unpaired) electrons. The Labute approximate surface area is 193 Å². The number of amides is 2. The lowest BCUT2D eigenvalue weighted by molar-refractivity contribution is -0.146. The fourth-order valence-corrected chi connectivity index (χ4v) is 4.93. The van der Waals surface area contributed by atoms with Gasteiger partial charge >= 0.3 is 12.1 Å². The van der Waals surface area contributed by atoms with Gasteiger partial charge < -0.3 is 20.1 Å². The minimum atomic E-state index is -0.885. The number of carbonyl (C=O) groups excluding carboxylic acids is 2. The van der Waals surface area contributed by atoms with Crippen molar-refractivity contribution in [3.8, 4) is 11.1 Å². The Bertz CT molecular complexity index is 991. The molecule has 2 aliphatic rings. The van der Waals surface area contributed by atoms with Crippen LogP contribution in [0.1, 0.15) is 49.7 Å². The third kappa shape index (κ3) is 4.87. The summed E-state index contributed by atoms with van der Waals surface area (Å²) < 4.78 is 5.60. The number of alkyl carbamates (subject to hydrolysis) is 1. The van der Waals surface area contributed by atoms with Crippen molar-refractivity contribution in [3.63, 3.8) is 0 Å². The molecular weight excluding hydrogens is 420 g/mol. The molecule has 1 fully saturated rings. The molecule has 2 aromatic rings. The summed E-state index contributed by atoms with van der Waals surface area (Å²) >= 11 is 0. The summed E-state index contributed by atoms with van der Waals surface area (Å²) in [4.78, 5) is 38.6. The van der Waals surface area contributed by atoms with Gasteiger partial charge in [-0.2, -0.15) is 0 Å². The van der Waals surface area contributed by atoms with Crippen LogP contribution in [-0.2, 0) is 14.3 Å². The largest absolute Gasteiger partial charge is 0.481 e. The molecule has 1 saturated heterocycles. The van der Waals surface area contributed by atoms with Crippen LogP contribution in [0.3, 0.4) is 0 Å². The lowest BCUT2D eigenvalue weighted by Gasteiger charge is -2.33. The van der Waals surface area contributed by atoms with Crippen LogP contribution >= 0.6 is 0 Å². The topological polar surface area (TPSA) is 95.9 Å². The number of piperidine rings is 1. The number of likely N-dealkylation sites (tertiary alicyclic amines) is 1. The molecule has 0 saturated carbocycles. The summed E-state index contributed by atoms with van der Waals surface area (Å²) in [5, 5.41) is 12.0. The highest BCUT2D eigenvalue weighted by Crippen LogP contribution is 2.44. The molecule has 2 N–H and O–H groups in total. The van der Waals surface area contributed by atoms with Gasteiger partial charge in [-0.1, -0.05) is 61.9 Å². The number of fused-ring (bicyclic) bond motifs is 3. The Hall–Kier alpha value is -3.35. The molecule has 174 valence electrons. The zero-order chi connectivity index (χ0) is 23.4. The predicted octanol–water partition coefficient (Wildman–Crippen LogP) is 4.02. The summed E-state index contributed by atoms with van der Waals surface area (Å²) in [6, 6.07) is 15.5. The Balaban J connectivity index is 1.40. The Morgan fingerprint density at radius 1 is 1.09 bits per heavy atom. The number of nitrogens with zero attached hydrogens (tertiary/aromatic N) is 1. The first-order valence-electron chi connectivity index (χ1n) is 11.6. The summed E-state index contributed by atoms with van der Waals surface area (Å²) in [5.41, 5.74) is 4.56. The molecule has 2 unspecified atom stereocenters. The van der Waals surface area contributed by atoms with Crippen LogP contribution in [0.25, 0.3) is 11.1 Å². The maximum atomic E-state index is 13.0. The van der Waals surface area contributed by atoms with E-state index in [1.165, 1.54) is 0 Å². The number of ether oxygens (including phenoxy) is 1.